The van der Waals surface area contributed by atoms with Crippen molar-refractivity contribution in [2.45, 2.75) is 11.9 Å². The second-order valence-corrected chi connectivity index (χ2v) is 8.49. The third-order valence-corrected chi connectivity index (χ3v) is 5.80. The van der Waals surface area contributed by atoms with Crippen molar-refractivity contribution in [3.63, 3.8) is 0 Å². The summed E-state index contributed by atoms with van der Waals surface area (Å²) in [7, 11) is -3.97. The molecule has 0 bridgehead atoms. The average molecular weight is 456 g/mol. The lowest BCUT2D eigenvalue weighted by Crippen LogP contribution is -2.15. The first-order valence-electron chi connectivity index (χ1n) is 8.51. The van der Waals surface area contributed by atoms with Crippen molar-refractivity contribution in [1.29, 1.82) is 0 Å². The number of pyridine rings is 1. The van der Waals surface area contributed by atoms with Crippen molar-refractivity contribution in [2.75, 3.05) is 4.72 Å². The molecule has 0 spiro atoms. The molecule has 0 aliphatic carbocycles. The van der Waals surface area contributed by atoms with Crippen LogP contribution in [-0.4, -0.2) is 17.8 Å². The van der Waals surface area contributed by atoms with Crippen LogP contribution in [0.25, 0.3) is 17.0 Å². The van der Waals surface area contributed by atoms with Gasteiger partial charge >= 0.3 is 6.18 Å². The highest BCUT2D eigenvalue weighted by Gasteiger charge is 2.36. The molecular formula is C19H13ClF3N3O3S. The van der Waals surface area contributed by atoms with Crippen molar-refractivity contribution in [2.24, 2.45) is 0 Å². The van der Waals surface area contributed by atoms with Gasteiger partial charge < -0.3 is 4.42 Å². The van der Waals surface area contributed by atoms with Gasteiger partial charge in [-0.1, -0.05) is 41.9 Å². The third-order valence-electron chi connectivity index (χ3n) is 4.22. The Balaban J connectivity index is 1.79. The summed E-state index contributed by atoms with van der Waals surface area (Å²) >= 11 is 6.20. The minimum absolute atomic E-state index is 0.109. The first kappa shape index (κ1) is 20.3. The second kappa shape index (κ2) is 7.37. The maximum absolute atomic E-state index is 13.6. The van der Waals surface area contributed by atoms with Crippen molar-refractivity contribution < 1.29 is 26.0 Å². The number of anilines is 1. The highest BCUT2D eigenvalue weighted by molar-refractivity contribution is 7.91. The lowest BCUT2D eigenvalue weighted by molar-refractivity contribution is -0.136. The molecule has 0 radical (unpaired) electrons. The summed E-state index contributed by atoms with van der Waals surface area (Å²) in [5, 5.41) is -0.305. The number of imidazole rings is 1. The number of nitrogens with zero attached hydrogens (tertiary/aromatic N) is 2. The Morgan fingerprint density at radius 2 is 1.87 bits per heavy atom. The van der Waals surface area contributed by atoms with Crippen LogP contribution in [0.3, 0.4) is 0 Å². The van der Waals surface area contributed by atoms with Gasteiger partial charge in [0.25, 0.3) is 0 Å². The molecule has 1 aromatic carbocycles. The topological polar surface area (TPSA) is 76.6 Å². The number of hydrogen-bond donors (Lipinski definition) is 1. The minimum atomic E-state index is -4.75. The first-order valence-corrected chi connectivity index (χ1v) is 10.5. The Morgan fingerprint density at radius 1 is 1.13 bits per heavy atom. The summed E-state index contributed by atoms with van der Waals surface area (Å²) in [6, 6.07) is 12.2. The smallest absolute Gasteiger partial charge is 0.420 e. The van der Waals surface area contributed by atoms with Crippen LogP contribution in [0, 0.1) is 0 Å². The van der Waals surface area contributed by atoms with Crippen LogP contribution in [0.2, 0.25) is 5.15 Å². The monoisotopic (exact) mass is 455 g/mol. The SMILES string of the molecule is O=S(=O)(Cc1ccccc1)Nc1nc2c(C(F)(F)F)cc(-c3ccco3)cn2c1Cl. The fourth-order valence-corrected chi connectivity index (χ4v) is 4.36. The summed E-state index contributed by atoms with van der Waals surface area (Å²) in [6.45, 7) is 0. The zero-order valence-corrected chi connectivity index (χ0v) is 16.6. The molecular weight excluding hydrogens is 443 g/mol. The van der Waals surface area contributed by atoms with Gasteiger partial charge in [0.05, 0.1) is 17.6 Å². The molecule has 156 valence electrons. The van der Waals surface area contributed by atoms with Gasteiger partial charge in [0, 0.05) is 11.8 Å². The lowest BCUT2D eigenvalue weighted by Gasteiger charge is -2.10. The summed E-state index contributed by atoms with van der Waals surface area (Å²) in [6.07, 6.45) is -2.13. The number of aromatic nitrogens is 2. The molecule has 1 N–H and O–H groups in total. The summed E-state index contributed by atoms with van der Waals surface area (Å²) in [4.78, 5) is 3.82. The molecule has 3 heterocycles. The van der Waals surface area contributed by atoms with Gasteiger partial charge in [-0.15, -0.1) is 0 Å². The highest BCUT2D eigenvalue weighted by Crippen LogP contribution is 2.38. The number of furan rings is 1. The first-order chi connectivity index (χ1) is 14.1. The maximum Gasteiger partial charge on any atom is 0.420 e. The predicted octanol–water partition coefficient (Wildman–Crippen LogP) is 5.21. The van der Waals surface area contributed by atoms with E-state index in [0.717, 1.165) is 10.5 Å². The van der Waals surface area contributed by atoms with Gasteiger partial charge in [-0.2, -0.15) is 13.2 Å². The molecule has 4 rings (SSSR count). The number of benzene rings is 1. The molecule has 3 aromatic heterocycles. The van der Waals surface area contributed by atoms with Crippen molar-refractivity contribution in [3.8, 4) is 11.3 Å². The normalized spacial score (nSPS) is 12.4. The van der Waals surface area contributed by atoms with Crippen LogP contribution in [0.1, 0.15) is 11.1 Å². The van der Waals surface area contributed by atoms with E-state index in [1.54, 1.807) is 30.3 Å². The molecule has 0 aliphatic rings. The number of hydrogen-bond acceptors (Lipinski definition) is 4. The summed E-state index contributed by atoms with van der Waals surface area (Å²) in [5.41, 5.74) is -0.995. The fraction of sp³-hybridized carbons (Fsp3) is 0.105. The molecule has 4 aromatic rings. The number of halogens is 4. The van der Waals surface area contributed by atoms with E-state index >= 15 is 0 Å². The predicted molar refractivity (Wildman–Crippen MR) is 106 cm³/mol. The number of alkyl halides is 3. The van der Waals surface area contributed by atoms with E-state index < -0.39 is 33.2 Å². The Hall–Kier alpha value is -2.98. The third kappa shape index (κ3) is 4.01. The van der Waals surface area contributed by atoms with Crippen LogP contribution >= 0.6 is 11.6 Å². The van der Waals surface area contributed by atoms with Crippen LogP contribution in [0.5, 0.6) is 0 Å². The van der Waals surface area contributed by atoms with E-state index in [4.69, 9.17) is 16.0 Å². The van der Waals surface area contributed by atoms with E-state index in [1.165, 1.54) is 24.6 Å². The van der Waals surface area contributed by atoms with E-state index in [0.29, 0.717) is 5.56 Å². The number of nitrogens with one attached hydrogen (secondary N) is 1. The molecule has 0 aliphatic heterocycles. The molecule has 0 saturated heterocycles. The Morgan fingerprint density at radius 3 is 2.50 bits per heavy atom. The fourth-order valence-electron chi connectivity index (χ4n) is 2.95. The quantitative estimate of drug-likeness (QED) is 0.448. The lowest BCUT2D eigenvalue weighted by atomic mass is 10.1. The minimum Gasteiger partial charge on any atom is -0.464 e. The molecule has 0 fully saturated rings. The van der Waals surface area contributed by atoms with Gasteiger partial charge in [0.15, 0.2) is 16.6 Å². The van der Waals surface area contributed by atoms with E-state index in [9.17, 15) is 21.6 Å². The van der Waals surface area contributed by atoms with Crippen molar-refractivity contribution in [1.82, 2.24) is 9.38 Å². The summed E-state index contributed by atoms with van der Waals surface area (Å²) < 4.78 is 74.2. The average Bonchev–Trinajstić information content (AvgIpc) is 3.30. The zero-order valence-electron chi connectivity index (χ0n) is 15.0. The van der Waals surface area contributed by atoms with E-state index in [2.05, 4.69) is 9.71 Å². The van der Waals surface area contributed by atoms with Crippen LogP contribution < -0.4 is 4.72 Å². The molecule has 0 amide bonds. The molecule has 0 unspecified atom stereocenters. The molecule has 11 heteroatoms. The van der Waals surface area contributed by atoms with E-state index in [1.807, 2.05) is 0 Å². The van der Waals surface area contributed by atoms with Crippen molar-refractivity contribution in [3.05, 3.63) is 77.3 Å². The number of rotatable bonds is 5. The van der Waals surface area contributed by atoms with Gasteiger partial charge in [0.1, 0.15) is 5.76 Å². The van der Waals surface area contributed by atoms with Crippen LogP contribution in [-0.2, 0) is 22.0 Å². The Bertz CT molecular complexity index is 1300. The largest absolute Gasteiger partial charge is 0.464 e. The Kier molecular flexibility index (Phi) is 4.99. The van der Waals surface area contributed by atoms with Gasteiger partial charge in [-0.3, -0.25) is 9.12 Å². The molecule has 0 atom stereocenters. The van der Waals surface area contributed by atoms with E-state index in [-0.39, 0.29) is 22.2 Å². The van der Waals surface area contributed by atoms with Gasteiger partial charge in [-0.25, -0.2) is 13.4 Å². The summed E-state index contributed by atoms with van der Waals surface area (Å²) in [5.74, 6) is -0.588. The molecule has 6 nitrogen and oxygen atoms in total. The molecule has 0 saturated carbocycles. The highest BCUT2D eigenvalue weighted by atomic mass is 35.5. The van der Waals surface area contributed by atoms with Crippen LogP contribution in [0.4, 0.5) is 19.0 Å². The zero-order chi connectivity index (χ0) is 21.5. The standard InChI is InChI=1S/C19H13ClF3N3O3S/c20-16-17(25-30(27,28)11-12-5-2-1-3-6-12)24-18-14(19(21,22)23)9-13(10-26(16)18)15-7-4-8-29-15/h1-10,25H,11H2. The molecule has 30 heavy (non-hydrogen) atoms. The number of sulfonamides is 1. The van der Waals surface area contributed by atoms with Crippen molar-refractivity contribution >= 4 is 33.1 Å². The second-order valence-electron chi connectivity index (χ2n) is 6.41. The maximum atomic E-state index is 13.6. The van der Waals surface area contributed by atoms with Crippen LogP contribution in [0.15, 0.2) is 65.4 Å². The van der Waals surface area contributed by atoms with Gasteiger partial charge in [0.2, 0.25) is 10.0 Å². The number of fused-ring (bicyclic) bond motifs is 1. The van der Waals surface area contributed by atoms with Gasteiger partial charge in [-0.05, 0) is 23.8 Å². The Labute approximate surface area is 174 Å².